The quantitative estimate of drug-likeness (QED) is 0.831. The second-order valence-electron chi connectivity index (χ2n) is 3.42. The van der Waals surface area contributed by atoms with Crippen molar-refractivity contribution in [3.8, 4) is 0 Å². The predicted octanol–water partition coefficient (Wildman–Crippen LogP) is 3.00. The zero-order chi connectivity index (χ0) is 10.6. The topological polar surface area (TPSA) is 20.2 Å². The lowest BCUT2D eigenvalue weighted by Crippen LogP contribution is -2.05. The molecular weight excluding hydrogens is 199 g/mol. The molecule has 0 saturated heterocycles. The molecule has 0 amide bonds. The van der Waals surface area contributed by atoms with E-state index < -0.39 is 6.10 Å². The number of aliphatic hydroxyl groups excluding tert-OH is 1. The van der Waals surface area contributed by atoms with E-state index in [1.165, 1.54) is 6.07 Å². The van der Waals surface area contributed by atoms with Crippen LogP contribution in [0.25, 0.3) is 0 Å². The fraction of sp³-hybridized carbons (Fsp3) is 0.455. The third-order valence-corrected chi connectivity index (χ3v) is 3.03. The van der Waals surface area contributed by atoms with Gasteiger partial charge in [0, 0.05) is 11.3 Å². The molecule has 0 bridgehead atoms. The Balaban J connectivity index is 2.60. The van der Waals surface area contributed by atoms with Gasteiger partial charge in [0.25, 0.3) is 0 Å². The maximum Gasteiger partial charge on any atom is 0.129 e. The molecule has 1 aromatic rings. The van der Waals surface area contributed by atoms with Crippen LogP contribution in [0.15, 0.2) is 24.3 Å². The lowest BCUT2D eigenvalue weighted by molar-refractivity contribution is 0.199. The zero-order valence-corrected chi connectivity index (χ0v) is 9.22. The van der Waals surface area contributed by atoms with Gasteiger partial charge in [0.2, 0.25) is 0 Å². The third kappa shape index (κ3) is 3.31. The van der Waals surface area contributed by atoms with Gasteiger partial charge in [-0.25, -0.2) is 4.39 Å². The average molecular weight is 214 g/mol. The maximum atomic E-state index is 13.2. The first-order chi connectivity index (χ1) is 6.61. The Bertz CT molecular complexity index is 288. The summed E-state index contributed by atoms with van der Waals surface area (Å²) in [5, 5.41) is 10.1. The van der Waals surface area contributed by atoms with Crippen molar-refractivity contribution in [1.29, 1.82) is 0 Å². The summed E-state index contributed by atoms with van der Waals surface area (Å²) in [6.45, 7) is 4.11. The van der Waals surface area contributed by atoms with Gasteiger partial charge in [0.05, 0.1) is 6.10 Å². The van der Waals surface area contributed by atoms with Crippen LogP contribution >= 0.6 is 11.8 Å². The molecule has 0 spiro atoms. The van der Waals surface area contributed by atoms with Gasteiger partial charge < -0.3 is 5.11 Å². The average Bonchev–Trinajstić information content (AvgIpc) is 2.15. The summed E-state index contributed by atoms with van der Waals surface area (Å²) >= 11 is 1.63. The maximum absolute atomic E-state index is 13.2. The molecule has 1 unspecified atom stereocenters. The number of benzene rings is 1. The number of aliphatic hydroxyl groups is 1. The molecule has 0 aromatic heterocycles. The monoisotopic (exact) mass is 214 g/mol. The first-order valence-corrected chi connectivity index (χ1v) is 5.70. The van der Waals surface area contributed by atoms with Crippen LogP contribution in [0.1, 0.15) is 25.5 Å². The highest BCUT2D eigenvalue weighted by atomic mass is 32.2. The molecule has 0 radical (unpaired) electrons. The Kier molecular flexibility index (Phi) is 4.42. The van der Waals surface area contributed by atoms with Gasteiger partial charge in [0.1, 0.15) is 5.82 Å². The van der Waals surface area contributed by atoms with E-state index in [-0.39, 0.29) is 5.82 Å². The van der Waals surface area contributed by atoms with Crippen LogP contribution in [0.4, 0.5) is 4.39 Å². The fourth-order valence-corrected chi connectivity index (χ4v) is 1.87. The minimum atomic E-state index is -0.705. The highest BCUT2D eigenvalue weighted by Crippen LogP contribution is 2.22. The number of rotatable bonds is 4. The first kappa shape index (κ1) is 11.5. The Hall–Kier alpha value is -0.540. The van der Waals surface area contributed by atoms with E-state index in [0.29, 0.717) is 16.6 Å². The van der Waals surface area contributed by atoms with Crippen molar-refractivity contribution in [3.63, 3.8) is 0 Å². The van der Waals surface area contributed by atoms with Crippen molar-refractivity contribution < 1.29 is 9.50 Å². The van der Waals surface area contributed by atoms with Gasteiger partial charge in [0.15, 0.2) is 0 Å². The van der Waals surface area contributed by atoms with Gasteiger partial charge in [-0.3, -0.25) is 0 Å². The zero-order valence-electron chi connectivity index (χ0n) is 8.40. The van der Waals surface area contributed by atoms with Crippen molar-refractivity contribution in [2.24, 2.45) is 0 Å². The van der Waals surface area contributed by atoms with Crippen LogP contribution in [-0.2, 0) is 0 Å². The molecule has 78 valence electrons. The van der Waals surface area contributed by atoms with E-state index in [1.54, 1.807) is 30.0 Å². The molecule has 14 heavy (non-hydrogen) atoms. The van der Waals surface area contributed by atoms with E-state index in [2.05, 4.69) is 13.8 Å². The summed E-state index contributed by atoms with van der Waals surface area (Å²) in [4.78, 5) is 0. The number of halogens is 1. The third-order valence-electron chi connectivity index (χ3n) is 1.85. The summed E-state index contributed by atoms with van der Waals surface area (Å²) in [6, 6.07) is 6.36. The first-order valence-electron chi connectivity index (χ1n) is 4.65. The molecule has 0 heterocycles. The van der Waals surface area contributed by atoms with Crippen molar-refractivity contribution in [1.82, 2.24) is 0 Å². The van der Waals surface area contributed by atoms with Crippen LogP contribution in [0.3, 0.4) is 0 Å². The van der Waals surface area contributed by atoms with E-state index >= 15 is 0 Å². The molecular formula is C11H15FOS. The van der Waals surface area contributed by atoms with Gasteiger partial charge in [-0.1, -0.05) is 32.0 Å². The number of hydrogen-bond donors (Lipinski definition) is 1. The van der Waals surface area contributed by atoms with Crippen molar-refractivity contribution in [2.45, 2.75) is 25.2 Å². The van der Waals surface area contributed by atoms with Crippen molar-refractivity contribution in [3.05, 3.63) is 35.6 Å². The smallest absolute Gasteiger partial charge is 0.129 e. The van der Waals surface area contributed by atoms with Gasteiger partial charge in [-0.2, -0.15) is 11.8 Å². The molecule has 0 aliphatic rings. The summed E-state index contributed by atoms with van der Waals surface area (Å²) < 4.78 is 13.2. The summed E-state index contributed by atoms with van der Waals surface area (Å²) in [5.41, 5.74) is 0.389. The Morgan fingerprint density at radius 2 is 2.00 bits per heavy atom. The fourth-order valence-electron chi connectivity index (χ4n) is 1.12. The van der Waals surface area contributed by atoms with E-state index in [9.17, 15) is 9.50 Å². The van der Waals surface area contributed by atoms with Crippen LogP contribution in [0.5, 0.6) is 0 Å². The second kappa shape index (κ2) is 5.37. The summed E-state index contributed by atoms with van der Waals surface area (Å²) in [7, 11) is 0. The number of hydrogen-bond acceptors (Lipinski definition) is 2. The lowest BCUT2D eigenvalue weighted by atomic mass is 10.1. The van der Waals surface area contributed by atoms with Gasteiger partial charge in [-0.05, 0) is 11.3 Å². The minimum absolute atomic E-state index is 0.329. The molecule has 1 aromatic carbocycles. The van der Waals surface area contributed by atoms with Crippen molar-refractivity contribution in [2.75, 3.05) is 5.75 Å². The highest BCUT2D eigenvalue weighted by Gasteiger charge is 2.12. The molecule has 1 atom stereocenters. The van der Waals surface area contributed by atoms with Crippen molar-refractivity contribution >= 4 is 11.8 Å². The van der Waals surface area contributed by atoms with Gasteiger partial charge in [-0.15, -0.1) is 0 Å². The normalized spacial score (nSPS) is 13.2. The Morgan fingerprint density at radius 3 is 2.57 bits per heavy atom. The minimum Gasteiger partial charge on any atom is -0.387 e. The molecule has 0 saturated carbocycles. The molecule has 1 N–H and O–H groups in total. The molecule has 1 nitrogen and oxygen atoms in total. The molecule has 1 rings (SSSR count). The van der Waals surface area contributed by atoms with Crippen LogP contribution in [0, 0.1) is 5.82 Å². The lowest BCUT2D eigenvalue weighted by Gasteiger charge is -2.12. The van der Waals surface area contributed by atoms with E-state index in [0.717, 1.165) is 0 Å². The summed E-state index contributed by atoms with van der Waals surface area (Å²) in [5.74, 6) is 0.211. The standard InChI is InChI=1S/C11H15FOS/c1-8(2)14-7-11(13)9-5-3-4-6-10(9)12/h3-6,8,11,13H,7H2,1-2H3. The number of thioether (sulfide) groups is 1. The summed E-state index contributed by atoms with van der Waals surface area (Å²) in [6.07, 6.45) is -0.705. The second-order valence-corrected chi connectivity index (χ2v) is 5.03. The van der Waals surface area contributed by atoms with Crippen LogP contribution in [-0.4, -0.2) is 16.1 Å². The molecule has 0 aliphatic carbocycles. The molecule has 3 heteroatoms. The Morgan fingerprint density at radius 1 is 1.36 bits per heavy atom. The SMILES string of the molecule is CC(C)SCC(O)c1ccccc1F. The van der Waals surface area contributed by atoms with Crippen LogP contribution in [0.2, 0.25) is 0 Å². The van der Waals surface area contributed by atoms with E-state index in [1.807, 2.05) is 0 Å². The predicted molar refractivity (Wildman–Crippen MR) is 59.0 cm³/mol. The molecule has 0 aliphatic heterocycles. The van der Waals surface area contributed by atoms with Gasteiger partial charge >= 0.3 is 0 Å². The molecule has 0 fully saturated rings. The van der Waals surface area contributed by atoms with Crippen LogP contribution < -0.4 is 0 Å². The largest absolute Gasteiger partial charge is 0.387 e. The highest BCUT2D eigenvalue weighted by molar-refractivity contribution is 7.99. The Labute approximate surface area is 88.3 Å². The van der Waals surface area contributed by atoms with E-state index in [4.69, 9.17) is 0 Å².